The number of rotatable bonds is 5. The van der Waals surface area contributed by atoms with E-state index in [0.29, 0.717) is 50.5 Å². The third-order valence-electron chi connectivity index (χ3n) is 5.89. The first kappa shape index (κ1) is 24.8. The van der Waals surface area contributed by atoms with Crippen LogP contribution in [0.3, 0.4) is 0 Å². The monoisotopic (exact) mass is 486 g/mol. The van der Waals surface area contributed by atoms with Gasteiger partial charge in [0.25, 0.3) is 0 Å². The van der Waals surface area contributed by atoms with Crippen LogP contribution in [0, 0.1) is 0 Å². The number of amides is 1. The summed E-state index contributed by atoms with van der Waals surface area (Å²) in [5.41, 5.74) is 1.18. The molecule has 0 unspecified atom stereocenters. The molecule has 1 atom stereocenters. The fourth-order valence-corrected chi connectivity index (χ4v) is 4.19. The Hall–Kier alpha value is -2.82. The third kappa shape index (κ3) is 5.23. The van der Waals surface area contributed by atoms with Crippen LogP contribution in [0.5, 0.6) is 5.88 Å². The highest BCUT2D eigenvalue weighted by molar-refractivity contribution is 5.85. The second-order valence-corrected chi connectivity index (χ2v) is 7.89. The van der Waals surface area contributed by atoms with Gasteiger partial charge in [-0.25, -0.2) is 15.0 Å². The predicted molar refractivity (Wildman–Crippen MR) is 119 cm³/mol. The summed E-state index contributed by atoms with van der Waals surface area (Å²) in [5.74, 6) is 0.336. The van der Waals surface area contributed by atoms with E-state index in [0.717, 1.165) is 23.7 Å². The topological polar surface area (TPSA) is 83.5 Å². The molecule has 2 aromatic rings. The lowest BCUT2D eigenvalue weighted by molar-refractivity contribution is -0.139. The lowest BCUT2D eigenvalue weighted by atomic mass is 10.0. The molecule has 0 saturated carbocycles. The number of hydrogen-bond donors (Lipinski definition) is 1. The molecule has 1 saturated heterocycles. The Balaban J connectivity index is 0.00000306. The van der Waals surface area contributed by atoms with Crippen molar-refractivity contribution in [2.75, 3.05) is 37.0 Å². The number of nitrogens with one attached hydrogen (secondary N) is 1. The number of ether oxygens (including phenoxy) is 1. The van der Waals surface area contributed by atoms with Crippen LogP contribution in [-0.4, -0.2) is 58.5 Å². The largest absolute Gasteiger partial charge is 0.481 e. The van der Waals surface area contributed by atoms with Crippen molar-refractivity contribution in [3.05, 3.63) is 35.4 Å². The summed E-state index contributed by atoms with van der Waals surface area (Å²) in [6.07, 6.45) is 0.178. The van der Waals surface area contributed by atoms with Crippen LogP contribution in [0.25, 0.3) is 0 Å². The molecule has 2 aliphatic heterocycles. The highest BCUT2D eigenvalue weighted by atomic mass is 35.5. The molecule has 4 rings (SSSR count). The maximum Gasteiger partial charge on any atom is 0.421 e. The van der Waals surface area contributed by atoms with E-state index in [-0.39, 0.29) is 24.4 Å². The highest BCUT2D eigenvalue weighted by Gasteiger charge is 2.36. The van der Waals surface area contributed by atoms with Crippen molar-refractivity contribution in [2.45, 2.75) is 44.9 Å². The number of carbonyl (C=O) groups is 1. The molecule has 1 fully saturated rings. The number of pyridine rings is 1. The van der Waals surface area contributed by atoms with Crippen molar-refractivity contribution in [1.29, 1.82) is 0 Å². The van der Waals surface area contributed by atoms with Crippen molar-refractivity contribution in [2.24, 2.45) is 0 Å². The fraction of sp³-hybridized carbons (Fsp3) is 0.524. The molecule has 0 bridgehead atoms. The number of aromatic nitrogens is 3. The quantitative estimate of drug-likeness (QED) is 0.694. The third-order valence-corrected chi connectivity index (χ3v) is 5.89. The second-order valence-electron chi connectivity index (χ2n) is 7.89. The zero-order valence-electron chi connectivity index (χ0n) is 18.4. The van der Waals surface area contributed by atoms with E-state index in [1.165, 1.54) is 19.6 Å². The molecule has 33 heavy (non-hydrogen) atoms. The van der Waals surface area contributed by atoms with E-state index in [2.05, 4.69) is 20.3 Å². The van der Waals surface area contributed by atoms with Crippen LogP contribution in [-0.2, 0) is 23.9 Å². The normalized spacial score (nSPS) is 17.9. The van der Waals surface area contributed by atoms with Gasteiger partial charge < -0.3 is 19.9 Å². The van der Waals surface area contributed by atoms with E-state index in [1.807, 2.05) is 16.7 Å². The molecular formula is C21H26ClF3N6O2. The molecule has 0 radical (unpaired) electrons. The number of methoxy groups -OCH3 is 1. The van der Waals surface area contributed by atoms with Crippen molar-refractivity contribution in [3.8, 4) is 5.88 Å². The number of hydrogen-bond acceptors (Lipinski definition) is 7. The number of likely N-dealkylation sites (tertiary alicyclic amines) is 1. The Labute approximate surface area is 196 Å². The van der Waals surface area contributed by atoms with Crippen LogP contribution >= 0.6 is 12.4 Å². The summed E-state index contributed by atoms with van der Waals surface area (Å²) in [7, 11) is 1.17. The van der Waals surface area contributed by atoms with E-state index >= 15 is 0 Å². The standard InChI is InChI=1S/C21H25F3N6O2.ClH/c1-3-18(31)30-6-4-13(10-30)28-19-15-11-29(7-5-17(15)26-12-27-19)14-8-16(21(22,23)24)20(32-2)25-9-14;/h8-9,12-13H,3-7,10-11H2,1-2H3,(H,26,27,28);1H/t13-;/m0./s1. The van der Waals surface area contributed by atoms with Gasteiger partial charge >= 0.3 is 6.18 Å². The lowest BCUT2D eigenvalue weighted by Gasteiger charge is -2.31. The Morgan fingerprint density at radius 3 is 2.76 bits per heavy atom. The molecule has 0 aromatic carbocycles. The van der Waals surface area contributed by atoms with Crippen LogP contribution in [0.2, 0.25) is 0 Å². The summed E-state index contributed by atoms with van der Waals surface area (Å²) in [6.45, 7) is 4.01. The number of nitrogens with zero attached hydrogens (tertiary/aromatic N) is 5. The van der Waals surface area contributed by atoms with Crippen molar-refractivity contribution in [1.82, 2.24) is 19.9 Å². The molecule has 0 aliphatic carbocycles. The average molecular weight is 487 g/mol. The molecule has 1 N–H and O–H groups in total. The van der Waals surface area contributed by atoms with E-state index in [1.54, 1.807) is 0 Å². The van der Waals surface area contributed by atoms with Gasteiger partial charge in [0.2, 0.25) is 11.8 Å². The van der Waals surface area contributed by atoms with Crippen molar-refractivity contribution in [3.63, 3.8) is 0 Å². The van der Waals surface area contributed by atoms with Gasteiger partial charge in [-0.05, 0) is 12.5 Å². The van der Waals surface area contributed by atoms with Crippen LogP contribution in [0.4, 0.5) is 24.7 Å². The zero-order valence-corrected chi connectivity index (χ0v) is 19.2. The van der Waals surface area contributed by atoms with E-state index in [4.69, 9.17) is 4.74 Å². The molecule has 180 valence electrons. The fourth-order valence-electron chi connectivity index (χ4n) is 4.19. The van der Waals surface area contributed by atoms with E-state index < -0.39 is 17.6 Å². The van der Waals surface area contributed by atoms with Gasteiger partial charge in [-0.1, -0.05) is 6.92 Å². The minimum Gasteiger partial charge on any atom is -0.481 e. The van der Waals surface area contributed by atoms with Crippen molar-refractivity contribution >= 4 is 29.8 Å². The lowest BCUT2D eigenvalue weighted by Crippen LogP contribution is -2.34. The minimum absolute atomic E-state index is 0. The van der Waals surface area contributed by atoms with Gasteiger partial charge in [-0.2, -0.15) is 13.2 Å². The second kappa shape index (κ2) is 9.98. The van der Waals surface area contributed by atoms with Gasteiger partial charge in [0.1, 0.15) is 17.7 Å². The Bertz CT molecular complexity index is 1010. The number of alkyl halides is 3. The van der Waals surface area contributed by atoms with Gasteiger partial charge in [0, 0.05) is 50.6 Å². The van der Waals surface area contributed by atoms with Crippen LogP contribution in [0.1, 0.15) is 36.6 Å². The maximum atomic E-state index is 13.4. The predicted octanol–water partition coefficient (Wildman–Crippen LogP) is 3.31. The minimum atomic E-state index is -4.57. The molecule has 8 nitrogen and oxygen atoms in total. The highest BCUT2D eigenvalue weighted by Crippen LogP contribution is 2.38. The van der Waals surface area contributed by atoms with Gasteiger partial charge in [-0.3, -0.25) is 4.79 Å². The summed E-state index contributed by atoms with van der Waals surface area (Å²) in [5, 5.41) is 3.42. The van der Waals surface area contributed by atoms with Gasteiger partial charge in [0.15, 0.2) is 0 Å². The number of anilines is 2. The van der Waals surface area contributed by atoms with Crippen LogP contribution in [0.15, 0.2) is 18.6 Å². The Morgan fingerprint density at radius 1 is 1.27 bits per heavy atom. The first-order chi connectivity index (χ1) is 15.3. The first-order valence-corrected chi connectivity index (χ1v) is 10.5. The number of fused-ring (bicyclic) bond motifs is 1. The molecule has 2 aliphatic rings. The SMILES string of the molecule is CCC(=O)N1CC[C@H](Nc2ncnc3c2CN(c2cnc(OC)c(C(F)(F)F)c2)CC3)C1.Cl. The summed E-state index contributed by atoms with van der Waals surface area (Å²) in [6, 6.07) is 1.14. The van der Waals surface area contributed by atoms with Crippen molar-refractivity contribution < 1.29 is 22.7 Å². The number of carbonyl (C=O) groups excluding carboxylic acids is 1. The van der Waals surface area contributed by atoms with E-state index in [9.17, 15) is 18.0 Å². The smallest absolute Gasteiger partial charge is 0.421 e. The summed E-state index contributed by atoms with van der Waals surface area (Å²) in [4.78, 5) is 28.2. The molecule has 2 aromatic heterocycles. The van der Waals surface area contributed by atoms with Gasteiger partial charge in [0.05, 0.1) is 24.7 Å². The van der Waals surface area contributed by atoms with Gasteiger partial charge in [-0.15, -0.1) is 12.4 Å². The summed E-state index contributed by atoms with van der Waals surface area (Å²) >= 11 is 0. The molecule has 0 spiro atoms. The Morgan fingerprint density at radius 2 is 2.06 bits per heavy atom. The van der Waals surface area contributed by atoms with Crippen LogP contribution < -0.4 is 15.0 Å². The first-order valence-electron chi connectivity index (χ1n) is 10.5. The molecule has 4 heterocycles. The summed E-state index contributed by atoms with van der Waals surface area (Å²) < 4.78 is 45.1. The maximum absolute atomic E-state index is 13.4. The molecule has 12 heteroatoms. The Kier molecular flexibility index (Phi) is 7.51. The molecule has 1 amide bonds. The number of halogens is 4. The average Bonchev–Trinajstić information content (AvgIpc) is 3.26. The molecular weight excluding hydrogens is 461 g/mol. The zero-order chi connectivity index (χ0) is 22.9.